The largest absolute Gasteiger partial charge is 0.416 e. The van der Waals surface area contributed by atoms with E-state index in [0.717, 1.165) is 38.1 Å². The van der Waals surface area contributed by atoms with Gasteiger partial charge in [-0.2, -0.15) is 13.2 Å². The maximum Gasteiger partial charge on any atom is 0.416 e. The standard InChI is InChI=1S/C17H16F3N3O/c18-17(19,20)13-6-3-5-12(11-13)16(24)22-14-7-4-8-21-15(14)23-9-1-2-10-23/h3-8,11H,1-2,9-10H2,(H,22,24). The van der Waals surface area contributed by atoms with E-state index in [-0.39, 0.29) is 5.56 Å². The van der Waals surface area contributed by atoms with E-state index in [4.69, 9.17) is 0 Å². The van der Waals surface area contributed by atoms with Crippen molar-refractivity contribution in [3.63, 3.8) is 0 Å². The van der Waals surface area contributed by atoms with E-state index in [2.05, 4.69) is 15.2 Å². The highest BCUT2D eigenvalue weighted by atomic mass is 19.4. The Labute approximate surface area is 137 Å². The number of aromatic nitrogens is 1. The van der Waals surface area contributed by atoms with Gasteiger partial charge in [-0.25, -0.2) is 4.98 Å². The Bertz CT molecular complexity index is 740. The summed E-state index contributed by atoms with van der Waals surface area (Å²) in [6, 6.07) is 7.75. The lowest BCUT2D eigenvalue weighted by Crippen LogP contribution is -2.22. The second kappa shape index (κ2) is 6.51. The van der Waals surface area contributed by atoms with Gasteiger partial charge in [-0.15, -0.1) is 0 Å². The molecule has 1 N–H and O–H groups in total. The van der Waals surface area contributed by atoms with Crippen molar-refractivity contribution >= 4 is 17.4 Å². The summed E-state index contributed by atoms with van der Waals surface area (Å²) in [5, 5.41) is 2.67. The highest BCUT2D eigenvalue weighted by molar-refractivity contribution is 6.05. The Morgan fingerprint density at radius 2 is 1.88 bits per heavy atom. The smallest absolute Gasteiger partial charge is 0.355 e. The van der Waals surface area contributed by atoms with Crippen molar-refractivity contribution in [2.45, 2.75) is 19.0 Å². The summed E-state index contributed by atoms with van der Waals surface area (Å²) in [6.07, 6.45) is -0.742. The lowest BCUT2D eigenvalue weighted by atomic mass is 10.1. The maximum absolute atomic E-state index is 12.8. The number of nitrogens with one attached hydrogen (secondary N) is 1. The van der Waals surface area contributed by atoms with Gasteiger partial charge in [0.2, 0.25) is 0 Å². The topological polar surface area (TPSA) is 45.2 Å². The summed E-state index contributed by atoms with van der Waals surface area (Å²) >= 11 is 0. The van der Waals surface area contributed by atoms with E-state index in [1.165, 1.54) is 12.1 Å². The van der Waals surface area contributed by atoms with Crippen molar-refractivity contribution in [3.05, 3.63) is 53.7 Å². The number of amides is 1. The molecule has 0 radical (unpaired) electrons. The summed E-state index contributed by atoms with van der Waals surface area (Å²) in [6.45, 7) is 1.70. The zero-order chi connectivity index (χ0) is 17.2. The Balaban J connectivity index is 1.83. The molecular weight excluding hydrogens is 319 g/mol. The van der Waals surface area contributed by atoms with E-state index in [0.29, 0.717) is 11.5 Å². The molecule has 24 heavy (non-hydrogen) atoms. The number of pyridine rings is 1. The molecule has 2 heterocycles. The summed E-state index contributed by atoms with van der Waals surface area (Å²) < 4.78 is 38.3. The SMILES string of the molecule is O=C(Nc1cccnc1N1CCCC1)c1cccc(C(F)(F)F)c1. The number of hydrogen-bond donors (Lipinski definition) is 1. The zero-order valence-electron chi connectivity index (χ0n) is 12.8. The van der Waals surface area contributed by atoms with E-state index in [9.17, 15) is 18.0 Å². The number of halogens is 3. The quantitative estimate of drug-likeness (QED) is 0.924. The lowest BCUT2D eigenvalue weighted by Gasteiger charge is -2.20. The first-order valence-corrected chi connectivity index (χ1v) is 7.64. The molecule has 1 amide bonds. The molecule has 3 rings (SSSR count). The van der Waals surface area contributed by atoms with Crippen LogP contribution in [0.25, 0.3) is 0 Å². The maximum atomic E-state index is 12.8. The molecule has 0 atom stereocenters. The average Bonchev–Trinajstić information content (AvgIpc) is 3.09. The van der Waals surface area contributed by atoms with Gasteiger partial charge in [-0.1, -0.05) is 6.07 Å². The number of alkyl halides is 3. The summed E-state index contributed by atoms with van der Waals surface area (Å²) in [5.74, 6) is 0.0601. The molecule has 0 bridgehead atoms. The Hall–Kier alpha value is -2.57. The van der Waals surface area contributed by atoms with Gasteiger partial charge in [0, 0.05) is 24.8 Å². The van der Waals surface area contributed by atoms with Crippen LogP contribution in [-0.4, -0.2) is 24.0 Å². The van der Waals surface area contributed by atoms with E-state index >= 15 is 0 Å². The molecule has 7 heteroatoms. The van der Waals surface area contributed by atoms with Gasteiger partial charge in [-0.05, 0) is 43.2 Å². The third-order valence-electron chi connectivity index (χ3n) is 3.89. The van der Waals surface area contributed by atoms with Crippen LogP contribution in [0.5, 0.6) is 0 Å². The molecule has 1 aromatic carbocycles. The third kappa shape index (κ3) is 3.50. The number of hydrogen-bond acceptors (Lipinski definition) is 3. The fourth-order valence-electron chi connectivity index (χ4n) is 2.71. The molecular formula is C17H16F3N3O. The Morgan fingerprint density at radius 1 is 1.12 bits per heavy atom. The number of benzene rings is 1. The van der Waals surface area contributed by atoms with Crippen molar-refractivity contribution in [2.75, 3.05) is 23.3 Å². The van der Waals surface area contributed by atoms with Crippen LogP contribution in [0.15, 0.2) is 42.6 Å². The minimum atomic E-state index is -4.48. The molecule has 1 aliphatic rings. The van der Waals surface area contributed by atoms with E-state index in [1.807, 2.05) is 0 Å². The molecule has 1 saturated heterocycles. The normalized spacial score (nSPS) is 14.7. The van der Waals surface area contributed by atoms with Crippen molar-refractivity contribution < 1.29 is 18.0 Å². The summed E-state index contributed by atoms with van der Waals surface area (Å²) in [4.78, 5) is 18.7. The third-order valence-corrected chi connectivity index (χ3v) is 3.89. The highest BCUT2D eigenvalue weighted by Crippen LogP contribution is 2.30. The molecule has 2 aromatic rings. The van der Waals surface area contributed by atoms with E-state index < -0.39 is 17.6 Å². The Kier molecular flexibility index (Phi) is 4.42. The second-order valence-electron chi connectivity index (χ2n) is 5.60. The number of anilines is 2. The zero-order valence-corrected chi connectivity index (χ0v) is 12.8. The molecule has 0 saturated carbocycles. The number of carbonyl (C=O) groups excluding carboxylic acids is 1. The van der Waals surface area contributed by atoms with Gasteiger partial charge in [0.25, 0.3) is 5.91 Å². The van der Waals surface area contributed by atoms with Crippen LogP contribution in [0.3, 0.4) is 0 Å². The number of carbonyl (C=O) groups is 1. The molecule has 1 aromatic heterocycles. The number of nitrogens with zero attached hydrogens (tertiary/aromatic N) is 2. The first-order valence-electron chi connectivity index (χ1n) is 7.64. The van der Waals surface area contributed by atoms with Crippen LogP contribution in [0.4, 0.5) is 24.7 Å². The second-order valence-corrected chi connectivity index (χ2v) is 5.60. The Morgan fingerprint density at radius 3 is 2.58 bits per heavy atom. The molecule has 1 fully saturated rings. The highest BCUT2D eigenvalue weighted by Gasteiger charge is 2.31. The first kappa shape index (κ1) is 16.3. The predicted molar refractivity (Wildman–Crippen MR) is 85.1 cm³/mol. The first-order chi connectivity index (χ1) is 11.4. The molecule has 4 nitrogen and oxygen atoms in total. The predicted octanol–water partition coefficient (Wildman–Crippen LogP) is 3.95. The summed E-state index contributed by atoms with van der Waals surface area (Å²) in [7, 11) is 0. The minimum Gasteiger partial charge on any atom is -0.355 e. The van der Waals surface area contributed by atoms with Crippen LogP contribution in [0, 0.1) is 0 Å². The van der Waals surface area contributed by atoms with Crippen molar-refractivity contribution in [2.24, 2.45) is 0 Å². The molecule has 126 valence electrons. The van der Waals surface area contributed by atoms with Crippen LogP contribution in [-0.2, 0) is 6.18 Å². The molecule has 0 spiro atoms. The van der Waals surface area contributed by atoms with Gasteiger partial charge in [0.1, 0.15) is 0 Å². The van der Waals surface area contributed by atoms with E-state index in [1.54, 1.807) is 18.3 Å². The van der Waals surface area contributed by atoms with Crippen LogP contribution in [0.1, 0.15) is 28.8 Å². The summed E-state index contributed by atoms with van der Waals surface area (Å²) in [5.41, 5.74) is -0.385. The van der Waals surface area contributed by atoms with Gasteiger partial charge in [-0.3, -0.25) is 4.79 Å². The lowest BCUT2D eigenvalue weighted by molar-refractivity contribution is -0.137. The van der Waals surface area contributed by atoms with Crippen molar-refractivity contribution in [3.8, 4) is 0 Å². The van der Waals surface area contributed by atoms with Crippen molar-refractivity contribution in [1.29, 1.82) is 0 Å². The van der Waals surface area contributed by atoms with Crippen LogP contribution in [0.2, 0.25) is 0 Å². The number of rotatable bonds is 3. The average molecular weight is 335 g/mol. The van der Waals surface area contributed by atoms with Gasteiger partial charge in [0.05, 0.1) is 11.3 Å². The van der Waals surface area contributed by atoms with Crippen LogP contribution >= 0.6 is 0 Å². The molecule has 0 aliphatic carbocycles. The fourth-order valence-corrected chi connectivity index (χ4v) is 2.71. The molecule has 0 unspecified atom stereocenters. The monoisotopic (exact) mass is 335 g/mol. The van der Waals surface area contributed by atoms with Gasteiger partial charge < -0.3 is 10.2 Å². The van der Waals surface area contributed by atoms with Gasteiger partial charge >= 0.3 is 6.18 Å². The fraction of sp³-hybridized carbons (Fsp3) is 0.294. The van der Waals surface area contributed by atoms with Crippen LogP contribution < -0.4 is 10.2 Å². The van der Waals surface area contributed by atoms with Crippen molar-refractivity contribution in [1.82, 2.24) is 4.98 Å². The minimum absolute atomic E-state index is 0.0407. The van der Waals surface area contributed by atoms with Gasteiger partial charge in [0.15, 0.2) is 5.82 Å². The molecule has 1 aliphatic heterocycles.